The minimum atomic E-state index is -0.360. The lowest BCUT2D eigenvalue weighted by molar-refractivity contribution is -0.117. The molecule has 0 aliphatic carbocycles. The van der Waals surface area contributed by atoms with E-state index in [1.165, 1.54) is 0 Å². The van der Waals surface area contributed by atoms with Gasteiger partial charge in [0.15, 0.2) is 0 Å². The molecular formula is C26H29N3O2. The first-order valence-corrected chi connectivity index (χ1v) is 10.7. The third kappa shape index (κ3) is 5.16. The molecule has 0 atom stereocenters. The second kappa shape index (κ2) is 9.99. The molecule has 2 N–H and O–H groups in total. The number of fused-ring (bicyclic) bond motifs is 1. The van der Waals surface area contributed by atoms with Gasteiger partial charge >= 0.3 is 0 Å². The van der Waals surface area contributed by atoms with Crippen LogP contribution in [0.25, 0.3) is 17.0 Å². The molecule has 160 valence electrons. The number of nitrogens with zero attached hydrogens (tertiary/aromatic N) is 1. The van der Waals surface area contributed by atoms with Gasteiger partial charge in [-0.1, -0.05) is 32.0 Å². The lowest BCUT2D eigenvalue weighted by Gasteiger charge is -2.16. The van der Waals surface area contributed by atoms with Crippen molar-refractivity contribution in [3.8, 4) is 11.8 Å². The Morgan fingerprint density at radius 2 is 2.06 bits per heavy atom. The summed E-state index contributed by atoms with van der Waals surface area (Å²) < 4.78 is 5.76. The molecule has 5 nitrogen and oxygen atoms in total. The van der Waals surface area contributed by atoms with E-state index in [4.69, 9.17) is 4.74 Å². The molecule has 1 aromatic heterocycles. The molecule has 0 unspecified atom stereocenters. The topological polar surface area (TPSA) is 77.9 Å². The summed E-state index contributed by atoms with van der Waals surface area (Å²) in [7, 11) is 0. The molecular weight excluding hydrogens is 386 g/mol. The first-order valence-electron chi connectivity index (χ1n) is 10.7. The van der Waals surface area contributed by atoms with Gasteiger partial charge in [0, 0.05) is 23.6 Å². The molecule has 0 fully saturated rings. The summed E-state index contributed by atoms with van der Waals surface area (Å²) in [5.41, 5.74) is 5.20. The number of ether oxygens (including phenoxy) is 1. The monoisotopic (exact) mass is 415 g/mol. The smallest absolute Gasteiger partial charge is 0.261 e. The van der Waals surface area contributed by atoms with Crippen LogP contribution in [0.2, 0.25) is 0 Å². The molecule has 5 heteroatoms. The van der Waals surface area contributed by atoms with Crippen molar-refractivity contribution in [3.63, 3.8) is 0 Å². The first-order chi connectivity index (χ1) is 14.9. The summed E-state index contributed by atoms with van der Waals surface area (Å²) in [5, 5.41) is 13.6. The predicted octanol–water partition coefficient (Wildman–Crippen LogP) is 5.26. The fraction of sp³-hybridized carbons (Fsp3) is 0.308. The lowest BCUT2D eigenvalue weighted by Crippen LogP contribution is -2.26. The fourth-order valence-electron chi connectivity index (χ4n) is 3.65. The molecule has 3 aromatic rings. The maximum atomic E-state index is 12.6. The van der Waals surface area contributed by atoms with E-state index in [2.05, 4.69) is 36.3 Å². The summed E-state index contributed by atoms with van der Waals surface area (Å²) in [6.45, 7) is 9.17. The van der Waals surface area contributed by atoms with Crippen molar-refractivity contribution in [1.29, 1.82) is 5.26 Å². The van der Waals surface area contributed by atoms with E-state index >= 15 is 0 Å². The highest BCUT2D eigenvalue weighted by Crippen LogP contribution is 2.31. The van der Waals surface area contributed by atoms with Crippen molar-refractivity contribution < 1.29 is 9.53 Å². The van der Waals surface area contributed by atoms with Gasteiger partial charge in [0.05, 0.1) is 6.61 Å². The fourth-order valence-corrected chi connectivity index (χ4v) is 3.65. The van der Waals surface area contributed by atoms with Gasteiger partial charge in [-0.05, 0) is 72.7 Å². The number of hydrogen-bond acceptors (Lipinski definition) is 3. The maximum Gasteiger partial charge on any atom is 0.261 e. The van der Waals surface area contributed by atoms with E-state index < -0.39 is 0 Å². The molecule has 1 heterocycles. The summed E-state index contributed by atoms with van der Waals surface area (Å²) in [5.74, 6) is 0.764. The highest BCUT2D eigenvalue weighted by Gasteiger charge is 2.14. The van der Waals surface area contributed by atoms with Crippen LogP contribution in [0.3, 0.4) is 0 Å². The number of hydrogen-bond donors (Lipinski definition) is 2. The number of aryl methyl sites for hydroxylation is 1. The van der Waals surface area contributed by atoms with Crippen molar-refractivity contribution in [2.24, 2.45) is 0 Å². The third-order valence-corrected chi connectivity index (χ3v) is 5.34. The zero-order chi connectivity index (χ0) is 22.4. The molecule has 0 aliphatic rings. The molecule has 2 aromatic carbocycles. The van der Waals surface area contributed by atoms with E-state index in [9.17, 15) is 10.1 Å². The van der Waals surface area contributed by atoms with Gasteiger partial charge in [0.25, 0.3) is 5.91 Å². The van der Waals surface area contributed by atoms with Crippen LogP contribution in [0.4, 0.5) is 0 Å². The van der Waals surface area contributed by atoms with Crippen molar-refractivity contribution in [2.45, 2.75) is 40.0 Å². The second-order valence-electron chi connectivity index (χ2n) is 7.87. The third-order valence-electron chi connectivity index (χ3n) is 5.34. The van der Waals surface area contributed by atoms with Crippen LogP contribution < -0.4 is 10.1 Å². The predicted molar refractivity (Wildman–Crippen MR) is 125 cm³/mol. The van der Waals surface area contributed by atoms with Gasteiger partial charge in [0.1, 0.15) is 17.4 Å². The second-order valence-corrected chi connectivity index (χ2v) is 7.87. The number of para-hydroxylation sites is 1. The molecule has 0 aliphatic heterocycles. The highest BCUT2D eigenvalue weighted by atomic mass is 16.5. The van der Waals surface area contributed by atoms with E-state index in [-0.39, 0.29) is 17.4 Å². The van der Waals surface area contributed by atoms with E-state index in [0.717, 1.165) is 38.9 Å². The number of carbonyl (C=O) groups is 1. The Hall–Kier alpha value is -3.52. The zero-order valence-corrected chi connectivity index (χ0v) is 18.6. The van der Waals surface area contributed by atoms with Crippen molar-refractivity contribution in [1.82, 2.24) is 10.3 Å². The van der Waals surface area contributed by atoms with E-state index in [1.807, 2.05) is 50.4 Å². The zero-order valence-electron chi connectivity index (χ0n) is 18.6. The highest BCUT2D eigenvalue weighted by molar-refractivity contribution is 6.01. The molecule has 0 radical (unpaired) electrons. The number of amides is 1. The van der Waals surface area contributed by atoms with Crippen LogP contribution in [0.1, 0.15) is 48.9 Å². The minimum Gasteiger partial charge on any atom is -0.494 e. The quantitative estimate of drug-likeness (QED) is 0.389. The van der Waals surface area contributed by atoms with Crippen molar-refractivity contribution in [2.75, 3.05) is 13.2 Å². The van der Waals surface area contributed by atoms with E-state index in [1.54, 1.807) is 6.08 Å². The van der Waals surface area contributed by atoms with Crippen LogP contribution in [0, 0.1) is 18.3 Å². The van der Waals surface area contributed by atoms with Gasteiger partial charge in [-0.25, -0.2) is 0 Å². The van der Waals surface area contributed by atoms with Crippen molar-refractivity contribution in [3.05, 3.63) is 70.4 Å². The molecule has 0 saturated carbocycles. The SMILES string of the molecule is CCOc1cc(C)c(/C=C(/C#N)C(=O)NCCc2c[nH]c3ccccc23)cc1C(C)C. The van der Waals surface area contributed by atoms with Gasteiger partial charge in [-0.15, -0.1) is 0 Å². The van der Waals surface area contributed by atoms with E-state index in [0.29, 0.717) is 19.6 Å². The van der Waals surface area contributed by atoms with Crippen LogP contribution >= 0.6 is 0 Å². The Bertz CT molecular complexity index is 1150. The Kier molecular flexibility index (Phi) is 7.15. The Balaban J connectivity index is 1.74. The van der Waals surface area contributed by atoms with Crippen LogP contribution in [-0.4, -0.2) is 24.0 Å². The standard InChI is InChI=1S/C26H29N3O2/c1-5-31-25-12-18(4)20(14-23(25)17(2)3)13-21(15-27)26(30)28-11-10-19-16-29-24-9-7-6-8-22(19)24/h6-9,12-14,16-17,29H,5,10-11H2,1-4H3,(H,28,30)/b21-13-. The maximum absolute atomic E-state index is 12.6. The number of carbonyl (C=O) groups excluding carboxylic acids is 1. The average Bonchev–Trinajstić information content (AvgIpc) is 3.16. The lowest BCUT2D eigenvalue weighted by atomic mass is 9.95. The molecule has 31 heavy (non-hydrogen) atoms. The number of rotatable bonds is 8. The average molecular weight is 416 g/mol. The minimum absolute atomic E-state index is 0.0980. The number of nitrogens with one attached hydrogen (secondary N) is 2. The first kappa shape index (κ1) is 22.2. The van der Waals surface area contributed by atoms with Gasteiger partial charge in [-0.3, -0.25) is 4.79 Å². The van der Waals surface area contributed by atoms with Crippen LogP contribution in [-0.2, 0) is 11.2 Å². The summed E-state index contributed by atoms with van der Waals surface area (Å²) in [6, 6.07) is 14.1. The van der Waals surface area contributed by atoms with Gasteiger partial charge in [-0.2, -0.15) is 5.26 Å². The normalized spacial score (nSPS) is 11.5. The molecule has 1 amide bonds. The molecule has 0 bridgehead atoms. The number of benzene rings is 2. The van der Waals surface area contributed by atoms with Crippen molar-refractivity contribution >= 4 is 22.9 Å². The largest absolute Gasteiger partial charge is 0.494 e. The van der Waals surface area contributed by atoms with Crippen LogP contribution in [0.5, 0.6) is 5.75 Å². The number of nitriles is 1. The van der Waals surface area contributed by atoms with Gasteiger partial charge < -0.3 is 15.0 Å². The number of H-pyrrole nitrogens is 1. The Morgan fingerprint density at radius 1 is 1.29 bits per heavy atom. The summed E-state index contributed by atoms with van der Waals surface area (Å²) >= 11 is 0. The summed E-state index contributed by atoms with van der Waals surface area (Å²) in [6.07, 6.45) is 4.32. The molecule has 3 rings (SSSR count). The molecule has 0 spiro atoms. The van der Waals surface area contributed by atoms with Gasteiger partial charge in [0.2, 0.25) is 0 Å². The Morgan fingerprint density at radius 3 is 2.77 bits per heavy atom. The summed E-state index contributed by atoms with van der Waals surface area (Å²) in [4.78, 5) is 15.9. The Labute approximate surface area is 183 Å². The number of aromatic amines is 1. The molecule has 0 saturated heterocycles. The number of aromatic nitrogens is 1. The van der Waals surface area contributed by atoms with Crippen LogP contribution in [0.15, 0.2) is 48.2 Å².